The second kappa shape index (κ2) is 8.54. The maximum atomic E-state index is 12.8. The molecule has 2 aromatic carbocycles. The minimum absolute atomic E-state index is 0.0617. The standard InChI is InChI=1S/C21H20N6O4S/c28-19-12-20(26-8-10-31-11-9-26)22-21-16(2-1-3-17(19)21)18-13-27(25-23-18)15-6-4-14(5-7-15)24-32(29)30/h1-7,12-13,24H,8-11H2,(H,22,28)(H,29,30)/p-1. The van der Waals surface area contributed by atoms with Crippen molar-refractivity contribution in [2.75, 3.05) is 35.9 Å². The monoisotopic (exact) mass is 451 g/mol. The summed E-state index contributed by atoms with van der Waals surface area (Å²) in [5.41, 5.74) is 3.17. The highest BCUT2D eigenvalue weighted by Crippen LogP contribution is 2.27. The number of hydrogen-bond acceptors (Lipinski definition) is 7. The molecule has 164 valence electrons. The number of nitrogens with one attached hydrogen (secondary N) is 2. The van der Waals surface area contributed by atoms with E-state index in [0.717, 1.165) is 11.4 Å². The molecule has 2 aromatic heterocycles. The first-order chi connectivity index (χ1) is 15.6. The molecule has 0 aliphatic carbocycles. The van der Waals surface area contributed by atoms with Crippen molar-refractivity contribution >= 4 is 33.7 Å². The zero-order valence-corrected chi connectivity index (χ0v) is 17.7. The van der Waals surface area contributed by atoms with Crippen molar-refractivity contribution in [3.05, 3.63) is 65.0 Å². The molecule has 0 spiro atoms. The normalized spacial score (nSPS) is 15.1. The van der Waals surface area contributed by atoms with Crippen molar-refractivity contribution in [3.8, 4) is 16.9 Å². The molecule has 0 bridgehead atoms. The summed E-state index contributed by atoms with van der Waals surface area (Å²) >= 11 is -2.38. The number of pyridine rings is 1. The number of aromatic amines is 1. The summed E-state index contributed by atoms with van der Waals surface area (Å²) in [6.45, 7) is 2.67. The lowest BCUT2D eigenvalue weighted by Crippen LogP contribution is -2.37. The second-order valence-electron chi connectivity index (χ2n) is 7.28. The highest BCUT2D eigenvalue weighted by molar-refractivity contribution is 7.80. The van der Waals surface area contributed by atoms with Gasteiger partial charge in [-0.15, -0.1) is 5.10 Å². The van der Waals surface area contributed by atoms with E-state index >= 15 is 0 Å². The van der Waals surface area contributed by atoms with Gasteiger partial charge in [-0.2, -0.15) is 0 Å². The van der Waals surface area contributed by atoms with Gasteiger partial charge in [-0.3, -0.25) is 9.00 Å². The summed E-state index contributed by atoms with van der Waals surface area (Å²) in [7, 11) is 0. The minimum Gasteiger partial charge on any atom is -0.755 e. The largest absolute Gasteiger partial charge is 0.755 e. The maximum absolute atomic E-state index is 12.8. The number of ether oxygens (including phenoxy) is 1. The molecule has 3 heterocycles. The van der Waals surface area contributed by atoms with E-state index in [-0.39, 0.29) is 5.43 Å². The van der Waals surface area contributed by atoms with Crippen molar-refractivity contribution < 1.29 is 13.5 Å². The smallest absolute Gasteiger partial charge is 0.191 e. The van der Waals surface area contributed by atoms with E-state index in [0.29, 0.717) is 54.3 Å². The number of anilines is 2. The molecule has 32 heavy (non-hydrogen) atoms. The number of benzene rings is 2. The van der Waals surface area contributed by atoms with Crippen molar-refractivity contribution in [1.82, 2.24) is 20.0 Å². The Morgan fingerprint density at radius 2 is 1.91 bits per heavy atom. The lowest BCUT2D eigenvalue weighted by atomic mass is 10.1. The fourth-order valence-corrected chi connectivity index (χ4v) is 4.07. The van der Waals surface area contributed by atoms with E-state index in [1.165, 1.54) is 0 Å². The van der Waals surface area contributed by atoms with Gasteiger partial charge in [0, 0.05) is 47.1 Å². The Bertz CT molecular complexity index is 1340. The first-order valence-electron chi connectivity index (χ1n) is 9.96. The Morgan fingerprint density at radius 3 is 2.66 bits per heavy atom. The third-order valence-electron chi connectivity index (χ3n) is 5.30. The van der Waals surface area contributed by atoms with Gasteiger partial charge in [-0.25, -0.2) is 4.68 Å². The number of rotatable bonds is 5. The van der Waals surface area contributed by atoms with E-state index < -0.39 is 11.3 Å². The molecule has 0 radical (unpaired) electrons. The summed E-state index contributed by atoms with van der Waals surface area (Å²) in [5.74, 6) is 0.754. The van der Waals surface area contributed by atoms with Crippen molar-refractivity contribution in [3.63, 3.8) is 0 Å². The predicted octanol–water partition coefficient (Wildman–Crippen LogP) is 1.82. The summed E-state index contributed by atoms with van der Waals surface area (Å²) in [4.78, 5) is 18.3. The molecule has 0 amide bonds. The molecule has 2 N–H and O–H groups in total. The Balaban J connectivity index is 1.52. The molecule has 1 unspecified atom stereocenters. The molecule has 1 aliphatic rings. The fourth-order valence-electron chi connectivity index (χ4n) is 3.74. The predicted molar refractivity (Wildman–Crippen MR) is 120 cm³/mol. The van der Waals surface area contributed by atoms with Gasteiger partial charge >= 0.3 is 0 Å². The van der Waals surface area contributed by atoms with Gasteiger partial charge in [0.1, 0.15) is 11.5 Å². The maximum Gasteiger partial charge on any atom is 0.191 e. The van der Waals surface area contributed by atoms with Crippen LogP contribution in [0.25, 0.3) is 27.8 Å². The minimum atomic E-state index is -2.38. The molecule has 4 aromatic rings. The highest BCUT2D eigenvalue weighted by Gasteiger charge is 2.16. The molecule has 1 saturated heterocycles. The van der Waals surface area contributed by atoms with Crippen LogP contribution in [-0.4, -0.2) is 55.0 Å². The van der Waals surface area contributed by atoms with Crippen LogP contribution in [0.15, 0.2) is 59.5 Å². The lowest BCUT2D eigenvalue weighted by molar-refractivity contribution is 0.122. The Kier molecular flexibility index (Phi) is 5.43. The Labute approximate surface area is 185 Å². The van der Waals surface area contributed by atoms with Crippen LogP contribution in [0.5, 0.6) is 0 Å². The molecular weight excluding hydrogens is 432 g/mol. The number of fused-ring (bicyclic) bond motifs is 1. The van der Waals surface area contributed by atoms with Crippen LogP contribution in [0.2, 0.25) is 0 Å². The molecular formula is C21H19N6O4S-. The van der Waals surface area contributed by atoms with Crippen molar-refractivity contribution in [1.29, 1.82) is 0 Å². The number of para-hydroxylation sites is 1. The first kappa shape index (κ1) is 20.4. The molecule has 0 saturated carbocycles. The van der Waals surface area contributed by atoms with E-state index in [1.807, 2.05) is 12.1 Å². The van der Waals surface area contributed by atoms with Gasteiger partial charge in [0.2, 0.25) is 0 Å². The van der Waals surface area contributed by atoms with Crippen LogP contribution in [-0.2, 0) is 16.0 Å². The van der Waals surface area contributed by atoms with Gasteiger partial charge in [-0.05, 0) is 30.3 Å². The topological polar surface area (TPSA) is 128 Å². The zero-order valence-electron chi connectivity index (χ0n) is 16.9. The number of hydrogen-bond donors (Lipinski definition) is 2. The second-order valence-corrected chi connectivity index (χ2v) is 7.95. The highest BCUT2D eigenvalue weighted by atomic mass is 32.2. The van der Waals surface area contributed by atoms with Crippen LogP contribution < -0.4 is 15.1 Å². The third-order valence-corrected chi connectivity index (χ3v) is 5.71. The number of aromatic nitrogens is 4. The van der Waals surface area contributed by atoms with E-state index in [2.05, 4.69) is 24.9 Å². The van der Waals surface area contributed by atoms with Gasteiger partial charge in [0.15, 0.2) is 5.43 Å². The van der Waals surface area contributed by atoms with Crippen LogP contribution in [0.3, 0.4) is 0 Å². The van der Waals surface area contributed by atoms with Crippen LogP contribution in [0.4, 0.5) is 11.5 Å². The average Bonchev–Trinajstić information content (AvgIpc) is 3.29. The summed E-state index contributed by atoms with van der Waals surface area (Å²) in [6.07, 6.45) is 1.77. The van der Waals surface area contributed by atoms with E-state index in [4.69, 9.17) is 4.74 Å². The summed E-state index contributed by atoms with van der Waals surface area (Å²) in [5, 5.41) is 9.08. The third kappa shape index (κ3) is 4.00. The lowest BCUT2D eigenvalue weighted by Gasteiger charge is -2.28. The van der Waals surface area contributed by atoms with Gasteiger partial charge in [0.05, 0.1) is 30.6 Å². The zero-order chi connectivity index (χ0) is 22.1. The van der Waals surface area contributed by atoms with Gasteiger partial charge < -0.3 is 23.9 Å². The summed E-state index contributed by atoms with van der Waals surface area (Å²) < 4.78 is 30.8. The van der Waals surface area contributed by atoms with Crippen LogP contribution >= 0.6 is 0 Å². The molecule has 10 nitrogen and oxygen atoms in total. The fraction of sp³-hybridized carbons (Fsp3) is 0.190. The Morgan fingerprint density at radius 1 is 1.12 bits per heavy atom. The van der Waals surface area contributed by atoms with Crippen molar-refractivity contribution in [2.24, 2.45) is 0 Å². The van der Waals surface area contributed by atoms with E-state index in [9.17, 15) is 13.6 Å². The average molecular weight is 451 g/mol. The Hall–Kier alpha value is -3.54. The first-order valence-corrected chi connectivity index (χ1v) is 11.0. The van der Waals surface area contributed by atoms with Gasteiger partial charge in [0.25, 0.3) is 0 Å². The molecule has 1 fully saturated rings. The molecule has 11 heteroatoms. The number of morpholine rings is 1. The van der Waals surface area contributed by atoms with Crippen LogP contribution in [0, 0.1) is 0 Å². The molecule has 1 aliphatic heterocycles. The summed E-state index contributed by atoms with van der Waals surface area (Å²) in [6, 6.07) is 13.9. The number of nitrogens with zero attached hydrogens (tertiary/aromatic N) is 4. The van der Waals surface area contributed by atoms with Crippen molar-refractivity contribution in [2.45, 2.75) is 0 Å². The van der Waals surface area contributed by atoms with Crippen LogP contribution in [0.1, 0.15) is 0 Å². The molecule has 1 atom stereocenters. The van der Waals surface area contributed by atoms with E-state index in [1.54, 1.807) is 47.3 Å². The number of H-pyrrole nitrogens is 1. The quantitative estimate of drug-likeness (QED) is 0.443. The molecule has 5 rings (SSSR count). The SMILES string of the molecule is O=c1cc(N2CCOCC2)[nH]c2c(-c3cn(-c4ccc(NS(=O)[O-])cc4)nn3)cccc12. The van der Waals surface area contributed by atoms with Gasteiger partial charge in [-0.1, -0.05) is 17.3 Å².